The van der Waals surface area contributed by atoms with Gasteiger partial charge >= 0.3 is 0 Å². The third kappa shape index (κ3) is 4.06. The monoisotopic (exact) mass is 171 g/mol. The lowest BCUT2D eigenvalue weighted by molar-refractivity contribution is 1.46. The van der Waals surface area contributed by atoms with Gasteiger partial charge in [-0.15, -0.1) is 0 Å². The second kappa shape index (κ2) is 5.95. The molecule has 0 amide bonds. The van der Waals surface area contributed by atoms with Crippen molar-refractivity contribution in [3.05, 3.63) is 60.2 Å². The van der Waals surface area contributed by atoms with Gasteiger partial charge in [-0.3, -0.25) is 4.99 Å². The molecule has 0 saturated heterocycles. The number of hydrogen-bond donors (Lipinski definition) is 0. The summed E-state index contributed by atoms with van der Waals surface area (Å²) in [6, 6.07) is 18.0. The predicted molar refractivity (Wildman–Crippen MR) is 57.6 cm³/mol. The van der Waals surface area contributed by atoms with Crippen LogP contribution in [0.4, 0.5) is 0 Å². The van der Waals surface area contributed by atoms with E-state index in [0.717, 1.165) is 5.56 Å². The average Bonchev–Trinajstić information content (AvgIpc) is 2.16. The van der Waals surface area contributed by atoms with Gasteiger partial charge in [0.05, 0.1) is 0 Å². The van der Waals surface area contributed by atoms with Crippen LogP contribution >= 0.6 is 0 Å². The van der Waals surface area contributed by atoms with Crippen molar-refractivity contribution in [2.45, 2.75) is 0 Å². The Morgan fingerprint density at radius 1 is 0.846 bits per heavy atom. The van der Waals surface area contributed by atoms with E-state index >= 15 is 0 Å². The second-order valence-corrected chi connectivity index (χ2v) is 2.57. The van der Waals surface area contributed by atoms with Gasteiger partial charge in [0, 0.05) is 13.3 Å². The summed E-state index contributed by atoms with van der Waals surface area (Å²) >= 11 is 0. The van der Waals surface area contributed by atoms with Crippen molar-refractivity contribution in [2.75, 3.05) is 7.05 Å². The summed E-state index contributed by atoms with van der Waals surface area (Å²) in [5.41, 5.74) is 1.10. The van der Waals surface area contributed by atoms with E-state index < -0.39 is 0 Å². The van der Waals surface area contributed by atoms with Crippen molar-refractivity contribution in [3.8, 4) is 0 Å². The van der Waals surface area contributed by atoms with E-state index in [4.69, 9.17) is 0 Å². The van der Waals surface area contributed by atoms with E-state index in [1.807, 2.05) is 60.8 Å². The molecule has 0 heterocycles. The van der Waals surface area contributed by atoms with E-state index in [1.54, 1.807) is 7.05 Å². The summed E-state index contributed by atoms with van der Waals surface area (Å²) in [4.78, 5) is 3.97. The minimum Gasteiger partial charge on any atom is -0.296 e. The third-order valence-electron chi connectivity index (χ3n) is 1.52. The summed E-state index contributed by atoms with van der Waals surface area (Å²) in [5, 5.41) is 0. The fourth-order valence-electron chi connectivity index (χ4n) is 0.945. The first kappa shape index (κ1) is 9.46. The van der Waals surface area contributed by atoms with Crippen LogP contribution in [-0.4, -0.2) is 13.3 Å². The maximum absolute atomic E-state index is 3.97. The van der Waals surface area contributed by atoms with Gasteiger partial charge in [-0.05, 0) is 5.56 Å². The fraction of sp³-hybridized carbons (Fsp3) is 0.0833. The van der Waals surface area contributed by atoms with Crippen LogP contribution in [0.15, 0.2) is 59.6 Å². The molecule has 0 aliphatic rings. The number of rotatable bonds is 1. The van der Waals surface area contributed by atoms with Crippen LogP contribution in [0.25, 0.3) is 0 Å². The molecule has 0 N–H and O–H groups in total. The van der Waals surface area contributed by atoms with Crippen molar-refractivity contribution in [2.24, 2.45) is 4.99 Å². The quantitative estimate of drug-likeness (QED) is 0.576. The highest BCUT2D eigenvalue weighted by atomic mass is 14.6. The number of hydrogen-bond acceptors (Lipinski definition) is 1. The smallest absolute Gasteiger partial charge is 0.0281 e. The van der Waals surface area contributed by atoms with Crippen LogP contribution in [0.2, 0.25) is 0 Å². The Labute approximate surface area is 79.1 Å². The molecule has 1 heteroatoms. The average molecular weight is 171 g/mol. The van der Waals surface area contributed by atoms with Crippen LogP contribution in [0.1, 0.15) is 5.56 Å². The van der Waals surface area contributed by atoms with E-state index in [1.165, 1.54) is 0 Å². The Bertz CT molecular complexity index is 303. The summed E-state index contributed by atoms with van der Waals surface area (Å²) in [6.45, 7) is 0. The summed E-state index contributed by atoms with van der Waals surface area (Å²) in [6.07, 6.45) is 1.83. The number of aliphatic imine (C=N–C) groups is 1. The molecule has 0 aromatic heterocycles. The Balaban J connectivity index is 3.11. The Morgan fingerprint density at radius 3 is 1.77 bits per heavy atom. The van der Waals surface area contributed by atoms with Crippen molar-refractivity contribution < 1.29 is 0 Å². The molecule has 1 aromatic rings. The summed E-state index contributed by atoms with van der Waals surface area (Å²) < 4.78 is 0. The molecule has 1 nitrogen and oxygen atoms in total. The Hall–Kier alpha value is -1.63. The first-order valence-corrected chi connectivity index (χ1v) is 4.24. The molecule has 0 bridgehead atoms. The van der Waals surface area contributed by atoms with E-state index in [-0.39, 0.29) is 0 Å². The molecule has 0 aliphatic carbocycles. The van der Waals surface area contributed by atoms with Gasteiger partial charge in [-0.1, -0.05) is 54.6 Å². The van der Waals surface area contributed by atoms with Gasteiger partial charge in [-0.25, -0.2) is 0 Å². The molecule has 0 radical (unpaired) electrons. The highest BCUT2D eigenvalue weighted by Crippen LogP contribution is 1.90. The standard InChI is InChI=1S/C12H13N/c1-13-11-12-9-7-5-3-2-4-6-8-10-12/h2-11H,1H3. The predicted octanol–water partition coefficient (Wildman–Crippen LogP) is 2.86. The first-order valence-electron chi connectivity index (χ1n) is 4.24. The van der Waals surface area contributed by atoms with Crippen molar-refractivity contribution in [1.82, 2.24) is 0 Å². The molecule has 0 fully saturated rings. The van der Waals surface area contributed by atoms with Gasteiger partial charge in [0.1, 0.15) is 0 Å². The highest BCUT2D eigenvalue weighted by Gasteiger charge is 1.76. The third-order valence-corrected chi connectivity index (χ3v) is 1.52. The van der Waals surface area contributed by atoms with Crippen LogP contribution in [-0.2, 0) is 0 Å². The largest absolute Gasteiger partial charge is 0.296 e. The zero-order valence-corrected chi connectivity index (χ0v) is 7.72. The van der Waals surface area contributed by atoms with Gasteiger partial charge in [-0.2, -0.15) is 0 Å². The number of nitrogens with zero attached hydrogens (tertiary/aromatic N) is 1. The minimum absolute atomic E-state index is 1.10. The molecule has 13 heavy (non-hydrogen) atoms. The van der Waals surface area contributed by atoms with Gasteiger partial charge < -0.3 is 0 Å². The Morgan fingerprint density at radius 2 is 1.31 bits per heavy atom. The normalized spacial score (nSPS) is 9.62. The molecule has 1 rings (SSSR count). The molecular weight excluding hydrogens is 158 g/mol. The van der Waals surface area contributed by atoms with Crippen molar-refractivity contribution in [1.29, 1.82) is 0 Å². The first-order chi connectivity index (χ1) is 6.43. The SMILES string of the molecule is CN=Cc1ccccccccc1. The van der Waals surface area contributed by atoms with Crippen molar-refractivity contribution >= 4 is 6.21 Å². The van der Waals surface area contributed by atoms with Crippen molar-refractivity contribution in [3.63, 3.8) is 0 Å². The van der Waals surface area contributed by atoms with Crippen LogP contribution in [0.3, 0.4) is 0 Å². The second-order valence-electron chi connectivity index (χ2n) is 2.57. The zero-order chi connectivity index (χ0) is 9.36. The molecule has 0 saturated carbocycles. The summed E-state index contributed by atoms with van der Waals surface area (Å²) in [7, 11) is 1.77. The van der Waals surface area contributed by atoms with Gasteiger partial charge in [0.15, 0.2) is 0 Å². The highest BCUT2D eigenvalue weighted by molar-refractivity contribution is 5.78. The molecule has 0 atom stereocenters. The minimum atomic E-state index is 1.10. The van der Waals surface area contributed by atoms with Crippen LogP contribution in [0, 0.1) is 0 Å². The zero-order valence-electron chi connectivity index (χ0n) is 7.72. The Kier molecular flexibility index (Phi) is 4.33. The maximum Gasteiger partial charge on any atom is 0.0281 e. The van der Waals surface area contributed by atoms with E-state index in [0.29, 0.717) is 0 Å². The van der Waals surface area contributed by atoms with Gasteiger partial charge in [0.25, 0.3) is 0 Å². The van der Waals surface area contributed by atoms with E-state index in [9.17, 15) is 0 Å². The fourth-order valence-corrected chi connectivity index (χ4v) is 0.945. The molecular formula is C12H13N. The lowest BCUT2D eigenvalue weighted by Gasteiger charge is -1.83. The molecule has 0 spiro atoms. The van der Waals surface area contributed by atoms with Crippen LogP contribution < -0.4 is 0 Å². The molecule has 66 valence electrons. The maximum atomic E-state index is 3.97. The van der Waals surface area contributed by atoms with Crippen LogP contribution in [0.5, 0.6) is 0 Å². The summed E-state index contributed by atoms with van der Waals surface area (Å²) in [5.74, 6) is 0. The van der Waals surface area contributed by atoms with E-state index in [2.05, 4.69) is 4.99 Å². The lowest BCUT2D eigenvalue weighted by Crippen LogP contribution is -1.74. The lowest BCUT2D eigenvalue weighted by atomic mass is 10.3. The molecule has 0 aliphatic heterocycles. The van der Waals surface area contributed by atoms with Gasteiger partial charge in [0.2, 0.25) is 0 Å². The topological polar surface area (TPSA) is 12.4 Å². The molecule has 1 aromatic carbocycles. The molecule has 0 unspecified atom stereocenters.